The Morgan fingerprint density at radius 1 is 0.909 bits per heavy atom. The summed E-state index contributed by atoms with van der Waals surface area (Å²) in [4.78, 5) is 29.1. The highest BCUT2D eigenvalue weighted by atomic mass is 32.1. The number of carbonyl (C=O) groups excluding carboxylic acids is 2. The Bertz CT molecular complexity index is 1340. The van der Waals surface area contributed by atoms with E-state index in [1.807, 2.05) is 56.3 Å². The van der Waals surface area contributed by atoms with E-state index in [1.165, 1.54) is 9.80 Å². The summed E-state index contributed by atoms with van der Waals surface area (Å²) in [6.07, 6.45) is 1.64. The molecule has 1 saturated heterocycles. The number of rotatable bonds is 3. The summed E-state index contributed by atoms with van der Waals surface area (Å²) in [6.45, 7) is 4.13. The molecule has 5 rings (SSSR count). The summed E-state index contributed by atoms with van der Waals surface area (Å²) < 4.78 is 13.0. The van der Waals surface area contributed by atoms with E-state index in [-0.39, 0.29) is 17.5 Å². The Hall–Kier alpha value is -3.91. The summed E-state index contributed by atoms with van der Waals surface area (Å²) in [5.74, 6) is 0.528. The number of nitrogens with zero attached hydrogens (tertiary/aromatic N) is 3. The lowest BCUT2D eigenvalue weighted by Gasteiger charge is -2.34. The second-order valence-electron chi connectivity index (χ2n) is 7.88. The zero-order chi connectivity index (χ0) is 23.3. The highest BCUT2D eigenvalue weighted by Crippen LogP contribution is 2.35. The number of hydrogen-bond acceptors (Lipinski definition) is 5. The average Bonchev–Trinajstić information content (AvgIpc) is 3.39. The molecule has 8 heteroatoms. The Morgan fingerprint density at radius 2 is 1.64 bits per heavy atom. The van der Waals surface area contributed by atoms with E-state index in [1.54, 1.807) is 25.3 Å². The first kappa shape index (κ1) is 21.0. The number of aromatic nitrogens is 1. The van der Waals surface area contributed by atoms with Gasteiger partial charge in [-0.25, -0.2) is 0 Å². The van der Waals surface area contributed by atoms with E-state index in [2.05, 4.69) is 4.57 Å². The van der Waals surface area contributed by atoms with E-state index in [9.17, 15) is 9.59 Å². The topological polar surface area (TPSA) is 64.0 Å². The van der Waals surface area contributed by atoms with Crippen molar-refractivity contribution < 1.29 is 19.1 Å². The van der Waals surface area contributed by atoms with E-state index in [0.717, 1.165) is 22.6 Å². The largest absolute Gasteiger partial charge is 0.454 e. The molecule has 2 amide bonds. The molecule has 1 fully saturated rings. The quantitative estimate of drug-likeness (QED) is 0.337. The van der Waals surface area contributed by atoms with Crippen LogP contribution in [0.1, 0.15) is 17.0 Å². The average molecular weight is 460 g/mol. The zero-order valence-electron chi connectivity index (χ0n) is 18.4. The second kappa shape index (κ2) is 7.90. The summed E-state index contributed by atoms with van der Waals surface area (Å²) in [6, 6.07) is 16.8. The minimum atomic E-state index is -0.442. The van der Waals surface area contributed by atoms with Crippen LogP contribution >= 0.6 is 12.2 Å². The molecule has 3 aromatic rings. The standard InChI is InChI=1S/C25H21N3O4S/c1-15-11-17(16(2)27(15)19-9-10-21-22(13-19)32-14-31-21)12-20-23(29)26(3)25(33)28(24(20)30)18-7-5-4-6-8-18/h4-13H,14H2,1-3H3/b20-12+. The van der Waals surface area contributed by atoms with Crippen LogP contribution in [0.2, 0.25) is 0 Å². The van der Waals surface area contributed by atoms with Crippen LogP contribution in [-0.2, 0) is 9.59 Å². The molecule has 0 aliphatic carbocycles. The lowest BCUT2D eigenvalue weighted by atomic mass is 10.1. The number of amides is 2. The number of hydrogen-bond donors (Lipinski definition) is 0. The normalized spacial score (nSPS) is 16.8. The minimum absolute atomic E-state index is 0.0564. The van der Waals surface area contributed by atoms with Gasteiger partial charge < -0.3 is 14.0 Å². The van der Waals surface area contributed by atoms with Crippen molar-refractivity contribution in [2.24, 2.45) is 0 Å². The maximum atomic E-state index is 13.4. The molecule has 0 radical (unpaired) electrons. The molecule has 33 heavy (non-hydrogen) atoms. The molecule has 2 aliphatic rings. The molecule has 3 heterocycles. The molecule has 0 spiro atoms. The van der Waals surface area contributed by atoms with Crippen LogP contribution in [-0.4, -0.2) is 40.2 Å². The molecule has 0 N–H and O–H groups in total. The second-order valence-corrected chi connectivity index (χ2v) is 8.25. The highest BCUT2D eigenvalue weighted by molar-refractivity contribution is 7.80. The van der Waals surface area contributed by atoms with Gasteiger partial charge >= 0.3 is 0 Å². The molecule has 1 aromatic heterocycles. The van der Waals surface area contributed by atoms with E-state index >= 15 is 0 Å². The van der Waals surface area contributed by atoms with E-state index in [4.69, 9.17) is 21.7 Å². The minimum Gasteiger partial charge on any atom is -0.454 e. The Labute approximate surface area is 196 Å². The zero-order valence-corrected chi connectivity index (χ0v) is 19.2. The summed E-state index contributed by atoms with van der Waals surface area (Å²) in [5, 5.41) is 0.152. The number of likely N-dealkylation sites (N-methyl/N-ethyl adjacent to an activating group) is 1. The Morgan fingerprint density at radius 3 is 2.39 bits per heavy atom. The molecule has 0 bridgehead atoms. The van der Waals surface area contributed by atoms with Gasteiger partial charge in [0.1, 0.15) is 5.57 Å². The SMILES string of the molecule is Cc1cc(/C=C2\C(=O)N(C)C(=S)N(c3ccccc3)C2=O)c(C)n1-c1ccc2c(c1)OCO2. The van der Waals surface area contributed by atoms with Crippen LogP contribution in [0.5, 0.6) is 11.5 Å². The van der Waals surface area contributed by atoms with Gasteiger partial charge in [0.05, 0.1) is 5.69 Å². The highest BCUT2D eigenvalue weighted by Gasteiger charge is 2.38. The number of aryl methyl sites for hydroxylation is 1. The van der Waals surface area contributed by atoms with Crippen molar-refractivity contribution in [2.75, 3.05) is 18.7 Å². The van der Waals surface area contributed by atoms with Crippen LogP contribution < -0.4 is 14.4 Å². The van der Waals surface area contributed by atoms with Crippen LogP contribution in [0.25, 0.3) is 11.8 Å². The third kappa shape index (κ3) is 3.39. The molecule has 2 aliphatic heterocycles. The third-order valence-electron chi connectivity index (χ3n) is 5.85. The Kier molecular flexibility index (Phi) is 5.02. The predicted molar refractivity (Wildman–Crippen MR) is 129 cm³/mol. The van der Waals surface area contributed by atoms with Crippen LogP contribution in [0.4, 0.5) is 5.69 Å². The Balaban J connectivity index is 1.57. The number of thiocarbonyl (C=S) groups is 1. The number of anilines is 1. The molecule has 7 nitrogen and oxygen atoms in total. The van der Waals surface area contributed by atoms with Gasteiger partial charge in [-0.2, -0.15) is 0 Å². The van der Waals surface area contributed by atoms with Gasteiger partial charge in [-0.3, -0.25) is 19.4 Å². The van der Waals surface area contributed by atoms with Gasteiger partial charge in [0.15, 0.2) is 16.6 Å². The van der Waals surface area contributed by atoms with Gasteiger partial charge in [-0.15, -0.1) is 0 Å². The van der Waals surface area contributed by atoms with Crippen molar-refractivity contribution >= 4 is 40.9 Å². The lowest BCUT2D eigenvalue weighted by molar-refractivity contribution is -0.127. The smallest absolute Gasteiger partial charge is 0.270 e. The van der Waals surface area contributed by atoms with Gasteiger partial charge in [-0.1, -0.05) is 18.2 Å². The van der Waals surface area contributed by atoms with Gasteiger partial charge in [0.2, 0.25) is 6.79 Å². The molecular weight excluding hydrogens is 438 g/mol. The number of ether oxygens (including phenoxy) is 2. The summed E-state index contributed by atoms with van der Waals surface area (Å²) in [7, 11) is 1.58. The van der Waals surface area contributed by atoms with Crippen LogP contribution in [0, 0.1) is 13.8 Å². The van der Waals surface area contributed by atoms with Gasteiger partial charge in [0, 0.05) is 30.2 Å². The van der Waals surface area contributed by atoms with Gasteiger partial charge in [-0.05, 0) is 68.0 Å². The predicted octanol–water partition coefficient (Wildman–Crippen LogP) is 4.00. The van der Waals surface area contributed by atoms with E-state index in [0.29, 0.717) is 17.2 Å². The number of benzene rings is 2. The first-order valence-electron chi connectivity index (χ1n) is 10.4. The van der Waals surface area contributed by atoms with Crippen LogP contribution in [0.15, 0.2) is 60.2 Å². The third-order valence-corrected chi connectivity index (χ3v) is 6.30. The molecule has 0 atom stereocenters. The number of para-hydroxylation sites is 1. The number of carbonyl (C=O) groups is 2. The monoisotopic (exact) mass is 459 g/mol. The fourth-order valence-corrected chi connectivity index (χ4v) is 4.43. The fraction of sp³-hybridized carbons (Fsp3) is 0.160. The van der Waals surface area contributed by atoms with Crippen LogP contribution in [0.3, 0.4) is 0 Å². The first-order valence-corrected chi connectivity index (χ1v) is 10.8. The first-order chi connectivity index (χ1) is 15.9. The summed E-state index contributed by atoms with van der Waals surface area (Å²) in [5.41, 5.74) is 4.20. The fourth-order valence-electron chi connectivity index (χ4n) is 4.16. The molecular formula is C25H21N3O4S. The van der Waals surface area contributed by atoms with E-state index < -0.39 is 11.8 Å². The van der Waals surface area contributed by atoms with Crippen molar-refractivity contribution in [3.05, 3.63) is 77.1 Å². The maximum absolute atomic E-state index is 13.4. The van der Waals surface area contributed by atoms with Crippen molar-refractivity contribution in [1.29, 1.82) is 0 Å². The van der Waals surface area contributed by atoms with Crippen molar-refractivity contribution in [3.8, 4) is 17.2 Å². The number of fused-ring (bicyclic) bond motifs is 1. The van der Waals surface area contributed by atoms with Crippen molar-refractivity contribution in [3.63, 3.8) is 0 Å². The molecule has 2 aromatic carbocycles. The molecule has 0 unspecified atom stereocenters. The molecule has 166 valence electrons. The van der Waals surface area contributed by atoms with Crippen molar-refractivity contribution in [1.82, 2.24) is 9.47 Å². The maximum Gasteiger partial charge on any atom is 0.270 e. The lowest BCUT2D eigenvalue weighted by Crippen LogP contribution is -2.54. The summed E-state index contributed by atoms with van der Waals surface area (Å²) >= 11 is 5.41. The van der Waals surface area contributed by atoms with Crippen molar-refractivity contribution in [2.45, 2.75) is 13.8 Å². The van der Waals surface area contributed by atoms with Gasteiger partial charge in [0.25, 0.3) is 11.8 Å². The molecule has 0 saturated carbocycles.